The molecule has 1 aromatic carbocycles. The number of ether oxygens (including phenoxy) is 1. The lowest BCUT2D eigenvalue weighted by atomic mass is 9.92. The van der Waals surface area contributed by atoms with Crippen LogP contribution < -0.4 is 5.73 Å². The Morgan fingerprint density at radius 1 is 1.44 bits per heavy atom. The highest BCUT2D eigenvalue weighted by Crippen LogP contribution is 2.27. The lowest BCUT2D eigenvalue weighted by molar-refractivity contribution is -0.0298. The minimum absolute atomic E-state index is 0.222. The zero-order chi connectivity index (χ0) is 12.3. The van der Waals surface area contributed by atoms with Crippen molar-refractivity contribution in [1.82, 2.24) is 0 Å². The predicted octanol–water partition coefficient (Wildman–Crippen LogP) is 2.95. The molecular weight excluding hydrogens is 205 g/mol. The fourth-order valence-corrected chi connectivity index (χ4v) is 1.67. The van der Waals surface area contributed by atoms with Crippen LogP contribution in [0.4, 0.5) is 4.39 Å². The minimum atomic E-state index is -0.490. The van der Waals surface area contributed by atoms with Gasteiger partial charge >= 0.3 is 0 Å². The minimum Gasteiger partial charge on any atom is -0.374 e. The molecule has 1 aromatic rings. The average Bonchev–Trinajstić information content (AvgIpc) is 2.21. The van der Waals surface area contributed by atoms with Gasteiger partial charge in [0, 0.05) is 6.61 Å². The van der Waals surface area contributed by atoms with Crippen LogP contribution >= 0.6 is 0 Å². The van der Waals surface area contributed by atoms with Gasteiger partial charge in [0.05, 0.1) is 11.6 Å². The van der Waals surface area contributed by atoms with Crippen LogP contribution in [0.15, 0.2) is 18.2 Å². The third-order valence-electron chi connectivity index (χ3n) is 2.82. The fraction of sp³-hybridized carbons (Fsp3) is 0.538. The lowest BCUT2D eigenvalue weighted by Crippen LogP contribution is -2.38. The first-order chi connectivity index (χ1) is 7.38. The normalized spacial score (nSPS) is 13.9. The standard InChI is InChI=1S/C13H20FNO/c1-5-16-13(3,4)12(15)10-7-6-9(2)11(14)8-10/h6-8,12H,5,15H2,1-4H3. The van der Waals surface area contributed by atoms with Crippen molar-refractivity contribution in [1.29, 1.82) is 0 Å². The smallest absolute Gasteiger partial charge is 0.126 e. The fourth-order valence-electron chi connectivity index (χ4n) is 1.67. The van der Waals surface area contributed by atoms with Gasteiger partial charge in [0.2, 0.25) is 0 Å². The Balaban J connectivity index is 2.95. The first-order valence-electron chi connectivity index (χ1n) is 5.54. The van der Waals surface area contributed by atoms with Crippen LogP contribution in [-0.2, 0) is 4.74 Å². The molecule has 0 fully saturated rings. The molecule has 1 rings (SSSR count). The molecule has 2 N–H and O–H groups in total. The lowest BCUT2D eigenvalue weighted by Gasteiger charge is -2.31. The van der Waals surface area contributed by atoms with Crippen LogP contribution in [0.5, 0.6) is 0 Å². The number of nitrogens with two attached hydrogens (primary N) is 1. The highest BCUT2D eigenvalue weighted by Gasteiger charge is 2.28. The average molecular weight is 225 g/mol. The summed E-state index contributed by atoms with van der Waals surface area (Å²) in [4.78, 5) is 0. The SMILES string of the molecule is CCOC(C)(C)C(N)c1ccc(C)c(F)c1. The molecule has 3 heteroatoms. The maximum atomic E-state index is 13.4. The van der Waals surface area contributed by atoms with E-state index in [0.717, 1.165) is 5.56 Å². The molecule has 0 aliphatic rings. The van der Waals surface area contributed by atoms with E-state index in [4.69, 9.17) is 10.5 Å². The van der Waals surface area contributed by atoms with E-state index in [1.54, 1.807) is 13.0 Å². The van der Waals surface area contributed by atoms with Gasteiger partial charge < -0.3 is 10.5 Å². The third-order valence-corrected chi connectivity index (χ3v) is 2.82. The zero-order valence-corrected chi connectivity index (χ0v) is 10.4. The van der Waals surface area contributed by atoms with Crippen molar-refractivity contribution < 1.29 is 9.13 Å². The first kappa shape index (κ1) is 13.1. The molecule has 1 atom stereocenters. The Morgan fingerprint density at radius 2 is 2.06 bits per heavy atom. The van der Waals surface area contributed by atoms with Crippen molar-refractivity contribution in [2.45, 2.75) is 39.3 Å². The summed E-state index contributed by atoms with van der Waals surface area (Å²) in [6, 6.07) is 4.75. The summed E-state index contributed by atoms with van der Waals surface area (Å²) >= 11 is 0. The number of benzene rings is 1. The van der Waals surface area contributed by atoms with E-state index in [0.29, 0.717) is 12.2 Å². The van der Waals surface area contributed by atoms with Crippen molar-refractivity contribution in [2.75, 3.05) is 6.61 Å². The number of hydrogen-bond donors (Lipinski definition) is 1. The molecule has 0 aromatic heterocycles. The maximum Gasteiger partial charge on any atom is 0.126 e. The second-order valence-corrected chi connectivity index (χ2v) is 4.52. The molecular formula is C13H20FNO. The Morgan fingerprint density at radius 3 is 2.56 bits per heavy atom. The molecule has 2 nitrogen and oxygen atoms in total. The van der Waals surface area contributed by atoms with Crippen LogP contribution in [0.1, 0.15) is 37.9 Å². The summed E-state index contributed by atoms with van der Waals surface area (Å²) in [5.74, 6) is -0.222. The molecule has 0 bridgehead atoms. The van der Waals surface area contributed by atoms with Crippen molar-refractivity contribution in [3.8, 4) is 0 Å². The molecule has 16 heavy (non-hydrogen) atoms. The summed E-state index contributed by atoms with van der Waals surface area (Å²) < 4.78 is 19.0. The predicted molar refractivity (Wildman–Crippen MR) is 63.8 cm³/mol. The summed E-state index contributed by atoms with van der Waals surface area (Å²) in [5, 5.41) is 0. The third kappa shape index (κ3) is 2.80. The monoisotopic (exact) mass is 225 g/mol. The molecule has 0 radical (unpaired) electrons. The molecule has 0 heterocycles. The number of hydrogen-bond acceptors (Lipinski definition) is 2. The molecule has 0 saturated heterocycles. The van der Waals surface area contributed by atoms with E-state index in [9.17, 15) is 4.39 Å². The van der Waals surface area contributed by atoms with E-state index in [1.165, 1.54) is 6.07 Å². The quantitative estimate of drug-likeness (QED) is 0.855. The van der Waals surface area contributed by atoms with Gasteiger partial charge in [-0.2, -0.15) is 0 Å². The van der Waals surface area contributed by atoms with Gasteiger partial charge in [-0.25, -0.2) is 4.39 Å². The van der Waals surface area contributed by atoms with Gasteiger partial charge in [0.1, 0.15) is 5.82 Å². The van der Waals surface area contributed by atoms with Crippen molar-refractivity contribution in [2.24, 2.45) is 5.73 Å². The highest BCUT2D eigenvalue weighted by molar-refractivity contribution is 5.27. The molecule has 0 aliphatic heterocycles. The van der Waals surface area contributed by atoms with Gasteiger partial charge in [-0.3, -0.25) is 0 Å². The number of rotatable bonds is 4. The zero-order valence-electron chi connectivity index (χ0n) is 10.4. The van der Waals surface area contributed by atoms with Crippen LogP contribution in [-0.4, -0.2) is 12.2 Å². The Labute approximate surface area is 96.6 Å². The topological polar surface area (TPSA) is 35.2 Å². The largest absolute Gasteiger partial charge is 0.374 e. The van der Waals surface area contributed by atoms with Crippen molar-refractivity contribution in [3.63, 3.8) is 0 Å². The molecule has 90 valence electrons. The summed E-state index contributed by atoms with van der Waals surface area (Å²) in [6.07, 6.45) is 0. The van der Waals surface area contributed by atoms with Gasteiger partial charge in [0.25, 0.3) is 0 Å². The molecule has 0 saturated carbocycles. The Bertz CT molecular complexity index is 363. The van der Waals surface area contributed by atoms with Gasteiger partial charge in [-0.1, -0.05) is 12.1 Å². The maximum absolute atomic E-state index is 13.4. The van der Waals surface area contributed by atoms with Gasteiger partial charge in [-0.05, 0) is 44.9 Å². The summed E-state index contributed by atoms with van der Waals surface area (Å²) in [7, 11) is 0. The number of halogens is 1. The van der Waals surface area contributed by atoms with Crippen LogP contribution in [0, 0.1) is 12.7 Å². The second kappa shape index (κ2) is 4.93. The van der Waals surface area contributed by atoms with Crippen molar-refractivity contribution >= 4 is 0 Å². The van der Waals surface area contributed by atoms with Crippen LogP contribution in [0.3, 0.4) is 0 Å². The molecule has 0 aliphatic carbocycles. The highest BCUT2D eigenvalue weighted by atomic mass is 19.1. The Hall–Kier alpha value is -0.930. The summed E-state index contributed by atoms with van der Waals surface area (Å²) in [5.41, 5.74) is 6.99. The first-order valence-corrected chi connectivity index (χ1v) is 5.54. The van der Waals surface area contributed by atoms with E-state index < -0.39 is 5.60 Å². The van der Waals surface area contributed by atoms with E-state index in [-0.39, 0.29) is 11.9 Å². The molecule has 1 unspecified atom stereocenters. The van der Waals surface area contributed by atoms with Gasteiger partial charge in [-0.15, -0.1) is 0 Å². The van der Waals surface area contributed by atoms with Crippen molar-refractivity contribution in [3.05, 3.63) is 35.1 Å². The van der Waals surface area contributed by atoms with E-state index in [1.807, 2.05) is 26.8 Å². The van der Waals surface area contributed by atoms with E-state index >= 15 is 0 Å². The van der Waals surface area contributed by atoms with Crippen LogP contribution in [0.2, 0.25) is 0 Å². The van der Waals surface area contributed by atoms with Crippen LogP contribution in [0.25, 0.3) is 0 Å². The molecule has 0 spiro atoms. The van der Waals surface area contributed by atoms with Gasteiger partial charge in [0.15, 0.2) is 0 Å². The number of aryl methyl sites for hydroxylation is 1. The van der Waals surface area contributed by atoms with E-state index in [2.05, 4.69) is 0 Å². The second-order valence-electron chi connectivity index (χ2n) is 4.52. The summed E-state index contributed by atoms with van der Waals surface area (Å²) in [6.45, 7) is 8.08. The molecule has 0 amide bonds. The Kier molecular flexibility index (Phi) is 4.05.